The Morgan fingerprint density at radius 1 is 1.38 bits per heavy atom. The molecule has 5 nitrogen and oxygen atoms in total. The van der Waals surface area contributed by atoms with E-state index in [4.69, 9.17) is 0 Å². The van der Waals surface area contributed by atoms with Gasteiger partial charge in [-0.15, -0.1) is 0 Å². The summed E-state index contributed by atoms with van der Waals surface area (Å²) in [6.45, 7) is 9.56. The molecule has 0 aromatic heterocycles. The number of sulfone groups is 1. The third-order valence-corrected chi connectivity index (χ3v) is 7.57. The zero-order chi connectivity index (χ0) is 16.1. The Hall–Kier alpha value is -0.430. The average Bonchev–Trinajstić information content (AvgIpc) is 2.79. The monoisotopic (exact) mass is 335 g/mol. The SMILES string of the molecule is CCNC(=NCC(C)(C)S(C)(=O)=O)NCC1(C)CCCS1. The van der Waals surface area contributed by atoms with Crippen molar-refractivity contribution in [2.24, 2.45) is 4.99 Å². The van der Waals surface area contributed by atoms with E-state index in [9.17, 15) is 8.42 Å². The van der Waals surface area contributed by atoms with Crippen molar-refractivity contribution in [2.75, 3.05) is 31.6 Å². The van der Waals surface area contributed by atoms with Crippen LogP contribution in [0.4, 0.5) is 0 Å². The zero-order valence-corrected chi connectivity index (χ0v) is 15.5. The van der Waals surface area contributed by atoms with Gasteiger partial charge in [-0.1, -0.05) is 0 Å². The number of aliphatic imine (C=N–C) groups is 1. The van der Waals surface area contributed by atoms with Crippen molar-refractivity contribution in [1.82, 2.24) is 10.6 Å². The zero-order valence-electron chi connectivity index (χ0n) is 13.8. The lowest BCUT2D eigenvalue weighted by Crippen LogP contribution is -2.45. The molecule has 1 unspecified atom stereocenters. The molecule has 0 amide bonds. The highest BCUT2D eigenvalue weighted by molar-refractivity contribution is 8.00. The number of nitrogens with one attached hydrogen (secondary N) is 2. The predicted molar refractivity (Wildman–Crippen MR) is 93.0 cm³/mol. The summed E-state index contributed by atoms with van der Waals surface area (Å²) in [5.74, 6) is 1.91. The van der Waals surface area contributed by atoms with E-state index in [-0.39, 0.29) is 11.3 Å². The van der Waals surface area contributed by atoms with E-state index >= 15 is 0 Å². The molecule has 1 aliphatic heterocycles. The molecule has 0 aromatic rings. The summed E-state index contributed by atoms with van der Waals surface area (Å²) in [4.78, 5) is 4.45. The Balaban J connectivity index is 2.66. The van der Waals surface area contributed by atoms with E-state index < -0.39 is 14.6 Å². The first-order valence-electron chi connectivity index (χ1n) is 7.45. The summed E-state index contributed by atoms with van der Waals surface area (Å²) in [5, 5.41) is 6.53. The van der Waals surface area contributed by atoms with Crippen LogP contribution >= 0.6 is 11.8 Å². The van der Waals surface area contributed by atoms with Gasteiger partial charge in [0.15, 0.2) is 15.8 Å². The molecule has 0 aliphatic carbocycles. The topological polar surface area (TPSA) is 70.6 Å². The molecule has 21 heavy (non-hydrogen) atoms. The lowest BCUT2D eigenvalue weighted by molar-refractivity contribution is 0.553. The number of nitrogens with zero attached hydrogens (tertiary/aromatic N) is 1. The first-order chi connectivity index (χ1) is 9.60. The van der Waals surface area contributed by atoms with Crippen LogP contribution in [-0.2, 0) is 9.84 Å². The smallest absolute Gasteiger partial charge is 0.191 e. The number of rotatable bonds is 6. The fourth-order valence-electron chi connectivity index (χ4n) is 1.98. The van der Waals surface area contributed by atoms with Gasteiger partial charge in [0.2, 0.25) is 0 Å². The number of hydrogen-bond donors (Lipinski definition) is 2. The molecule has 1 atom stereocenters. The first kappa shape index (κ1) is 18.6. The van der Waals surface area contributed by atoms with Crippen LogP contribution in [0.5, 0.6) is 0 Å². The van der Waals surface area contributed by atoms with Crippen LogP contribution in [0.3, 0.4) is 0 Å². The summed E-state index contributed by atoms with van der Waals surface area (Å²) in [6, 6.07) is 0. The van der Waals surface area contributed by atoms with Crippen LogP contribution in [0.2, 0.25) is 0 Å². The molecule has 0 spiro atoms. The molecule has 1 rings (SSSR count). The Kier molecular flexibility index (Phi) is 6.40. The number of guanidine groups is 1. The van der Waals surface area contributed by atoms with Crippen LogP contribution in [0.15, 0.2) is 4.99 Å². The quantitative estimate of drug-likeness (QED) is 0.570. The second-order valence-electron chi connectivity index (χ2n) is 6.48. The first-order valence-corrected chi connectivity index (χ1v) is 10.3. The number of thioether (sulfide) groups is 1. The average molecular weight is 336 g/mol. The largest absolute Gasteiger partial charge is 0.357 e. The third kappa shape index (κ3) is 5.70. The van der Waals surface area contributed by atoms with E-state index in [1.54, 1.807) is 13.8 Å². The van der Waals surface area contributed by atoms with Gasteiger partial charge >= 0.3 is 0 Å². The van der Waals surface area contributed by atoms with E-state index in [0.717, 1.165) is 13.1 Å². The van der Waals surface area contributed by atoms with Gasteiger partial charge in [-0.05, 0) is 46.3 Å². The molecule has 1 fully saturated rings. The maximum absolute atomic E-state index is 11.7. The van der Waals surface area contributed by atoms with E-state index in [1.165, 1.54) is 24.9 Å². The molecule has 0 radical (unpaired) electrons. The Labute approximate surface area is 133 Å². The summed E-state index contributed by atoms with van der Waals surface area (Å²) in [5.41, 5.74) is 0. The van der Waals surface area contributed by atoms with Gasteiger partial charge in [0, 0.05) is 24.1 Å². The molecule has 0 bridgehead atoms. The molecule has 124 valence electrons. The second kappa shape index (κ2) is 7.22. The Morgan fingerprint density at radius 2 is 2.05 bits per heavy atom. The van der Waals surface area contributed by atoms with Crippen molar-refractivity contribution in [1.29, 1.82) is 0 Å². The number of hydrogen-bond acceptors (Lipinski definition) is 4. The Bertz CT molecular complexity index is 467. The van der Waals surface area contributed by atoms with E-state index in [0.29, 0.717) is 5.96 Å². The van der Waals surface area contributed by atoms with Gasteiger partial charge in [0.05, 0.1) is 11.3 Å². The summed E-state index contributed by atoms with van der Waals surface area (Å²) in [6.07, 6.45) is 3.73. The van der Waals surface area contributed by atoms with Crippen molar-refractivity contribution in [3.63, 3.8) is 0 Å². The van der Waals surface area contributed by atoms with Crippen molar-refractivity contribution < 1.29 is 8.42 Å². The highest BCUT2D eigenvalue weighted by Gasteiger charge is 2.31. The minimum absolute atomic E-state index is 0.253. The van der Waals surface area contributed by atoms with Crippen molar-refractivity contribution in [2.45, 2.75) is 50.0 Å². The molecule has 0 saturated carbocycles. The minimum Gasteiger partial charge on any atom is -0.357 e. The van der Waals surface area contributed by atoms with Gasteiger partial charge in [-0.3, -0.25) is 4.99 Å². The predicted octanol–water partition coefficient (Wildman–Crippen LogP) is 1.65. The Morgan fingerprint density at radius 3 is 2.52 bits per heavy atom. The summed E-state index contributed by atoms with van der Waals surface area (Å²) < 4.78 is 22.9. The van der Waals surface area contributed by atoms with Crippen LogP contribution in [0.25, 0.3) is 0 Å². The molecule has 0 aromatic carbocycles. The normalized spacial score (nSPS) is 24.1. The molecular formula is C14H29N3O2S2. The van der Waals surface area contributed by atoms with Gasteiger partial charge in [-0.25, -0.2) is 8.42 Å². The molecule has 1 heterocycles. The highest BCUT2D eigenvalue weighted by Crippen LogP contribution is 2.36. The summed E-state index contributed by atoms with van der Waals surface area (Å²) >= 11 is 1.99. The molecule has 1 saturated heterocycles. The third-order valence-electron chi connectivity index (χ3n) is 3.90. The van der Waals surface area contributed by atoms with Crippen molar-refractivity contribution in [3.8, 4) is 0 Å². The van der Waals surface area contributed by atoms with Crippen molar-refractivity contribution in [3.05, 3.63) is 0 Å². The minimum atomic E-state index is -3.12. The van der Waals surface area contributed by atoms with Gasteiger partial charge in [0.1, 0.15) is 0 Å². The molecular weight excluding hydrogens is 306 g/mol. The fraction of sp³-hybridized carbons (Fsp3) is 0.929. The maximum atomic E-state index is 11.7. The second-order valence-corrected chi connectivity index (χ2v) is 10.8. The molecule has 2 N–H and O–H groups in total. The van der Waals surface area contributed by atoms with Crippen LogP contribution in [-0.4, -0.2) is 55.5 Å². The van der Waals surface area contributed by atoms with Gasteiger partial charge in [-0.2, -0.15) is 11.8 Å². The maximum Gasteiger partial charge on any atom is 0.191 e. The van der Waals surface area contributed by atoms with Crippen LogP contribution in [0, 0.1) is 0 Å². The summed E-state index contributed by atoms with van der Waals surface area (Å²) in [7, 11) is -3.12. The van der Waals surface area contributed by atoms with Gasteiger partial charge < -0.3 is 10.6 Å². The van der Waals surface area contributed by atoms with E-state index in [1.807, 2.05) is 18.7 Å². The standard InChI is InChI=1S/C14H29N3O2S2/c1-6-15-12(16-10-13(2,3)21(5,18)19)17-11-14(4)8-7-9-20-14/h6-11H2,1-5H3,(H2,15,16,17). The van der Waals surface area contributed by atoms with E-state index in [2.05, 4.69) is 22.5 Å². The highest BCUT2D eigenvalue weighted by atomic mass is 32.2. The van der Waals surface area contributed by atoms with Crippen LogP contribution in [0.1, 0.15) is 40.5 Å². The molecule has 1 aliphatic rings. The van der Waals surface area contributed by atoms with Gasteiger partial charge in [0.25, 0.3) is 0 Å². The lowest BCUT2D eigenvalue weighted by atomic mass is 10.1. The molecule has 7 heteroatoms. The lowest BCUT2D eigenvalue weighted by Gasteiger charge is -2.25. The van der Waals surface area contributed by atoms with Crippen LogP contribution < -0.4 is 10.6 Å². The van der Waals surface area contributed by atoms with Crippen molar-refractivity contribution >= 4 is 27.6 Å². The fourth-order valence-corrected chi connectivity index (χ4v) is 3.52.